The van der Waals surface area contributed by atoms with E-state index >= 15 is 0 Å². The van der Waals surface area contributed by atoms with E-state index in [1.54, 1.807) is 37.4 Å². The second-order valence-corrected chi connectivity index (χ2v) is 8.26. The van der Waals surface area contributed by atoms with E-state index in [1.807, 2.05) is 52.0 Å². The second-order valence-electron chi connectivity index (χ2n) is 6.32. The molecule has 198 valence electrons. The van der Waals surface area contributed by atoms with Gasteiger partial charge in [0.15, 0.2) is 0 Å². The SMILES string of the molecule is C/C=C\C=C/C.CC.CC(=O)NO.CC(F)(F)F.COC1CCN(S(=O)(=O)c2ccccc2)C1. The maximum Gasteiger partial charge on any atom is 0.386 e. The van der Waals surface area contributed by atoms with Gasteiger partial charge in [0.1, 0.15) is 0 Å². The average Bonchev–Trinajstić information content (AvgIpc) is 3.30. The molecule has 7 nitrogen and oxygen atoms in total. The van der Waals surface area contributed by atoms with Crippen molar-refractivity contribution in [2.45, 2.75) is 65.1 Å². The summed E-state index contributed by atoms with van der Waals surface area (Å²) in [6, 6.07) is 8.51. The van der Waals surface area contributed by atoms with E-state index in [2.05, 4.69) is 0 Å². The molecule has 1 atom stereocenters. The van der Waals surface area contributed by atoms with Crippen LogP contribution in [0.2, 0.25) is 0 Å². The van der Waals surface area contributed by atoms with Gasteiger partial charge in [-0.2, -0.15) is 17.5 Å². The molecule has 1 aromatic carbocycles. The zero-order valence-electron chi connectivity index (χ0n) is 21.0. The number of carbonyl (C=O) groups is 1. The monoisotopic (exact) mass is 512 g/mol. The first-order chi connectivity index (χ1) is 15.8. The van der Waals surface area contributed by atoms with Crippen LogP contribution in [0.3, 0.4) is 0 Å². The molecule has 1 aliphatic heterocycles. The van der Waals surface area contributed by atoms with Gasteiger partial charge in [-0.15, -0.1) is 0 Å². The van der Waals surface area contributed by atoms with E-state index in [9.17, 15) is 26.4 Å². The van der Waals surface area contributed by atoms with E-state index in [0.29, 0.717) is 18.0 Å². The molecule has 0 bridgehead atoms. The standard InChI is InChI=1S/C11H15NO3S.C6H10.C2H3F3.C2H5NO2.C2H6/c1-15-10-7-8-12(9-10)16(13,14)11-5-3-2-4-6-11;1-3-5-6-4-2;1-2(3,4)5;1-2(4)3-5;1-2/h2-6,10H,7-9H2,1H3;3-6H,1-2H3;1H3;5H,1H3,(H,3,4);1-2H3/b;5-3-,6-4-;;;. The molecule has 0 saturated carbocycles. The van der Waals surface area contributed by atoms with Crippen molar-refractivity contribution in [3.8, 4) is 0 Å². The van der Waals surface area contributed by atoms with Crippen LogP contribution in [-0.4, -0.2) is 56.3 Å². The Morgan fingerprint density at radius 1 is 1.15 bits per heavy atom. The van der Waals surface area contributed by atoms with Gasteiger partial charge in [-0.25, -0.2) is 13.9 Å². The lowest BCUT2D eigenvalue weighted by Gasteiger charge is -2.16. The first-order valence-corrected chi connectivity index (χ1v) is 12.1. The number of ether oxygens (including phenoxy) is 1. The number of nitrogens with zero attached hydrogens (tertiary/aromatic N) is 1. The first kappa shape index (κ1) is 36.4. The van der Waals surface area contributed by atoms with Crippen molar-refractivity contribution in [1.29, 1.82) is 0 Å². The topological polar surface area (TPSA) is 95.9 Å². The van der Waals surface area contributed by atoms with Crippen LogP contribution in [0.1, 0.15) is 48.0 Å². The van der Waals surface area contributed by atoms with E-state index in [-0.39, 0.29) is 13.0 Å². The number of hydrogen-bond donors (Lipinski definition) is 2. The molecular formula is C23H39F3N2O5S. The highest BCUT2D eigenvalue weighted by Gasteiger charge is 2.32. The minimum Gasteiger partial charge on any atom is -0.380 e. The van der Waals surface area contributed by atoms with E-state index in [1.165, 1.54) is 16.7 Å². The quantitative estimate of drug-likeness (QED) is 0.323. The third-order valence-electron chi connectivity index (χ3n) is 3.48. The Morgan fingerprint density at radius 3 is 1.85 bits per heavy atom. The molecule has 0 spiro atoms. The number of rotatable bonds is 4. The zero-order chi connectivity index (χ0) is 27.2. The van der Waals surface area contributed by atoms with E-state index in [4.69, 9.17) is 9.94 Å². The number of sulfonamides is 1. The summed E-state index contributed by atoms with van der Waals surface area (Å²) < 4.78 is 62.0. The molecule has 1 aromatic rings. The Morgan fingerprint density at radius 2 is 1.56 bits per heavy atom. The van der Waals surface area contributed by atoms with Crippen molar-refractivity contribution < 1.29 is 36.3 Å². The maximum atomic E-state index is 12.2. The predicted molar refractivity (Wildman–Crippen MR) is 129 cm³/mol. The fraction of sp³-hybridized carbons (Fsp3) is 0.522. The molecule has 11 heteroatoms. The summed E-state index contributed by atoms with van der Waals surface area (Å²) in [4.78, 5) is 9.80. The largest absolute Gasteiger partial charge is 0.386 e. The summed E-state index contributed by atoms with van der Waals surface area (Å²) in [6.07, 6.45) is 4.79. The number of allylic oxidation sites excluding steroid dienone is 4. The number of amides is 1. The minimum atomic E-state index is -4.00. The molecule has 2 N–H and O–H groups in total. The number of methoxy groups -OCH3 is 1. The highest BCUT2D eigenvalue weighted by Crippen LogP contribution is 2.21. The average molecular weight is 513 g/mol. The van der Waals surface area contributed by atoms with Gasteiger partial charge in [0.25, 0.3) is 0 Å². The van der Waals surface area contributed by atoms with Crippen LogP contribution in [0.25, 0.3) is 0 Å². The van der Waals surface area contributed by atoms with Crippen molar-refractivity contribution in [1.82, 2.24) is 9.79 Å². The Bertz CT molecular complexity index is 768. The van der Waals surface area contributed by atoms with E-state index < -0.39 is 22.1 Å². The molecule has 1 unspecified atom stereocenters. The van der Waals surface area contributed by atoms with Gasteiger partial charge in [-0.05, 0) is 32.4 Å². The molecule has 0 aliphatic carbocycles. The predicted octanol–water partition coefficient (Wildman–Crippen LogP) is 5.34. The van der Waals surface area contributed by atoms with Gasteiger partial charge in [0, 0.05) is 34.0 Å². The maximum absolute atomic E-state index is 12.2. The number of nitrogens with one attached hydrogen (secondary N) is 1. The lowest BCUT2D eigenvalue weighted by molar-refractivity contribution is -0.126. The van der Waals surface area contributed by atoms with Crippen molar-refractivity contribution in [3.05, 3.63) is 54.6 Å². The molecule has 0 radical (unpaired) electrons. The van der Waals surface area contributed by atoms with Gasteiger partial charge in [-0.1, -0.05) is 56.4 Å². The number of hydroxylamine groups is 1. The fourth-order valence-corrected chi connectivity index (χ4v) is 3.58. The summed E-state index contributed by atoms with van der Waals surface area (Å²) in [6.45, 7) is 10.4. The van der Waals surface area contributed by atoms with Crippen molar-refractivity contribution >= 4 is 15.9 Å². The Hall–Kier alpha value is -2.21. The van der Waals surface area contributed by atoms with Crippen molar-refractivity contribution in [2.75, 3.05) is 20.2 Å². The third kappa shape index (κ3) is 21.6. The number of halogens is 3. The van der Waals surface area contributed by atoms with Crippen LogP contribution in [0.5, 0.6) is 0 Å². The number of alkyl halides is 3. The van der Waals surface area contributed by atoms with Crippen molar-refractivity contribution in [3.63, 3.8) is 0 Å². The smallest absolute Gasteiger partial charge is 0.380 e. The van der Waals surface area contributed by atoms with Gasteiger partial charge in [-0.3, -0.25) is 10.0 Å². The van der Waals surface area contributed by atoms with Crippen LogP contribution >= 0.6 is 0 Å². The van der Waals surface area contributed by atoms with Gasteiger partial charge >= 0.3 is 6.18 Å². The van der Waals surface area contributed by atoms with Crippen molar-refractivity contribution in [2.24, 2.45) is 0 Å². The summed E-state index contributed by atoms with van der Waals surface area (Å²) in [5, 5.41) is 7.54. The summed E-state index contributed by atoms with van der Waals surface area (Å²) in [7, 11) is -1.71. The highest BCUT2D eigenvalue weighted by atomic mass is 32.2. The molecule has 2 rings (SSSR count). The van der Waals surface area contributed by atoms with Crippen LogP contribution in [0.15, 0.2) is 59.5 Å². The molecular weight excluding hydrogens is 473 g/mol. The van der Waals surface area contributed by atoms with Gasteiger partial charge < -0.3 is 4.74 Å². The normalized spacial score (nSPS) is 15.6. The fourth-order valence-electron chi connectivity index (χ4n) is 2.07. The van der Waals surface area contributed by atoms with Gasteiger partial charge in [0.05, 0.1) is 11.0 Å². The zero-order valence-corrected chi connectivity index (χ0v) is 21.8. The molecule has 0 aromatic heterocycles. The second kappa shape index (κ2) is 21.3. The first-order valence-electron chi connectivity index (χ1n) is 10.6. The molecule has 1 amide bonds. The molecule has 1 fully saturated rings. The molecule has 1 saturated heterocycles. The lowest BCUT2D eigenvalue weighted by atomic mass is 10.3. The molecule has 34 heavy (non-hydrogen) atoms. The summed E-state index contributed by atoms with van der Waals surface area (Å²) in [5.41, 5.74) is 1.39. The summed E-state index contributed by atoms with van der Waals surface area (Å²) >= 11 is 0. The van der Waals surface area contributed by atoms with Gasteiger partial charge in [0.2, 0.25) is 15.9 Å². The van der Waals surface area contributed by atoms with Crippen LogP contribution in [0.4, 0.5) is 13.2 Å². The Balaban J connectivity index is -0.000000443. The molecule has 1 heterocycles. The third-order valence-corrected chi connectivity index (χ3v) is 5.35. The summed E-state index contributed by atoms with van der Waals surface area (Å²) in [5.74, 6) is -0.440. The van der Waals surface area contributed by atoms with Crippen LogP contribution < -0.4 is 5.48 Å². The highest BCUT2D eigenvalue weighted by molar-refractivity contribution is 7.89. The minimum absolute atomic E-state index is 0.0264. The Kier molecular flexibility index (Phi) is 22.8. The van der Waals surface area contributed by atoms with Crippen LogP contribution in [-0.2, 0) is 19.6 Å². The van der Waals surface area contributed by atoms with E-state index in [0.717, 1.165) is 6.42 Å². The number of benzene rings is 1. The Labute approximate surface area is 202 Å². The number of carbonyl (C=O) groups excluding carboxylic acids is 1. The van der Waals surface area contributed by atoms with Crippen LogP contribution in [0, 0.1) is 0 Å². The number of hydrogen-bond acceptors (Lipinski definition) is 5. The molecule has 1 aliphatic rings. The lowest BCUT2D eigenvalue weighted by Crippen LogP contribution is -2.30.